The van der Waals surface area contributed by atoms with Crippen molar-refractivity contribution in [1.82, 2.24) is 0 Å². The molecule has 1 aliphatic rings. The van der Waals surface area contributed by atoms with Crippen LogP contribution in [-0.4, -0.2) is 5.78 Å². The Hall–Kier alpha value is -0.770. The summed E-state index contributed by atoms with van der Waals surface area (Å²) in [5.74, 6) is 6.73. The Morgan fingerprint density at radius 2 is 2.08 bits per heavy atom. The van der Waals surface area contributed by atoms with Gasteiger partial charge >= 0.3 is 0 Å². The molecule has 72 valence electrons. The first-order valence-electron chi connectivity index (χ1n) is 5.24. The minimum atomic E-state index is 0.321. The Labute approximate surface area is 80.9 Å². The molecule has 0 saturated heterocycles. The maximum absolute atomic E-state index is 11.3. The molecule has 1 heteroatoms. The van der Waals surface area contributed by atoms with Crippen LogP contribution in [0.2, 0.25) is 0 Å². The monoisotopic (exact) mass is 178 g/mol. The fraction of sp³-hybridized carbons (Fsp3) is 0.750. The Kier molecular flexibility index (Phi) is 4.60. The lowest BCUT2D eigenvalue weighted by atomic mass is 9.99. The van der Waals surface area contributed by atoms with Crippen molar-refractivity contribution in [1.29, 1.82) is 0 Å². The number of hydrogen-bond acceptors (Lipinski definition) is 1. The molecule has 0 aromatic carbocycles. The highest BCUT2D eigenvalue weighted by atomic mass is 16.1. The van der Waals surface area contributed by atoms with E-state index in [4.69, 9.17) is 0 Å². The van der Waals surface area contributed by atoms with Gasteiger partial charge in [0.1, 0.15) is 5.78 Å². The Morgan fingerprint density at radius 3 is 2.69 bits per heavy atom. The summed E-state index contributed by atoms with van der Waals surface area (Å²) in [4.78, 5) is 11.3. The van der Waals surface area contributed by atoms with Gasteiger partial charge in [0, 0.05) is 6.42 Å². The van der Waals surface area contributed by atoms with Gasteiger partial charge in [-0.2, -0.15) is 0 Å². The topological polar surface area (TPSA) is 17.1 Å². The molecule has 0 atom stereocenters. The molecule has 1 aliphatic carbocycles. The van der Waals surface area contributed by atoms with E-state index < -0.39 is 0 Å². The normalized spacial score (nSPS) is 16.7. The van der Waals surface area contributed by atoms with Gasteiger partial charge in [0.05, 0.1) is 6.42 Å². The lowest BCUT2D eigenvalue weighted by molar-refractivity contribution is -0.118. The van der Waals surface area contributed by atoms with Crippen molar-refractivity contribution in [3.05, 3.63) is 0 Å². The number of carbonyl (C=O) groups is 1. The zero-order valence-corrected chi connectivity index (χ0v) is 8.44. The lowest BCUT2D eigenvalue weighted by Crippen LogP contribution is -2.01. The minimum absolute atomic E-state index is 0.321. The minimum Gasteiger partial charge on any atom is -0.299 e. The molecule has 0 spiro atoms. The van der Waals surface area contributed by atoms with Crippen molar-refractivity contribution in [2.24, 2.45) is 5.92 Å². The molecule has 0 bridgehead atoms. The van der Waals surface area contributed by atoms with Crippen LogP contribution in [0.4, 0.5) is 0 Å². The Balaban J connectivity index is 2.09. The van der Waals surface area contributed by atoms with Gasteiger partial charge in [0.25, 0.3) is 0 Å². The number of Topliss-reactive ketones (excluding diaryl/α,β-unsaturated/α-hetero) is 1. The summed E-state index contributed by atoms with van der Waals surface area (Å²) in [6.07, 6.45) is 7.73. The third kappa shape index (κ3) is 4.12. The summed E-state index contributed by atoms with van der Waals surface area (Å²) in [7, 11) is 0. The standard InChI is InChI=1S/C12H18O/c1-2-3-8-12(13)10-9-11-6-4-5-7-11/h11H,4-10H2,1H3. The number of ketones is 1. The van der Waals surface area contributed by atoms with Crippen LogP contribution in [0, 0.1) is 17.8 Å². The lowest BCUT2D eigenvalue weighted by Gasteiger charge is -2.05. The van der Waals surface area contributed by atoms with Crippen LogP contribution in [0.3, 0.4) is 0 Å². The number of rotatable bonds is 4. The fourth-order valence-electron chi connectivity index (χ4n) is 1.94. The molecule has 0 aliphatic heterocycles. The highest BCUT2D eigenvalue weighted by molar-refractivity contribution is 5.80. The first-order valence-corrected chi connectivity index (χ1v) is 5.24. The molecular weight excluding hydrogens is 160 g/mol. The van der Waals surface area contributed by atoms with Crippen LogP contribution in [0.25, 0.3) is 0 Å². The molecule has 1 fully saturated rings. The van der Waals surface area contributed by atoms with E-state index in [1.54, 1.807) is 6.92 Å². The summed E-state index contributed by atoms with van der Waals surface area (Å²) >= 11 is 0. The second-order valence-electron chi connectivity index (χ2n) is 3.83. The summed E-state index contributed by atoms with van der Waals surface area (Å²) < 4.78 is 0. The van der Waals surface area contributed by atoms with Crippen molar-refractivity contribution in [3.8, 4) is 11.8 Å². The number of hydrogen-bond donors (Lipinski definition) is 0. The largest absolute Gasteiger partial charge is 0.299 e. The molecular formula is C12H18O. The highest BCUT2D eigenvalue weighted by Crippen LogP contribution is 2.28. The summed E-state index contributed by atoms with van der Waals surface area (Å²) in [5, 5.41) is 0. The Morgan fingerprint density at radius 1 is 1.38 bits per heavy atom. The van der Waals surface area contributed by atoms with Crippen molar-refractivity contribution >= 4 is 5.78 Å². The van der Waals surface area contributed by atoms with Crippen LogP contribution in [0.15, 0.2) is 0 Å². The summed E-state index contributed by atoms with van der Waals surface area (Å²) in [5.41, 5.74) is 0. The van der Waals surface area contributed by atoms with E-state index in [1.807, 2.05) is 0 Å². The zero-order chi connectivity index (χ0) is 9.52. The van der Waals surface area contributed by atoms with E-state index in [9.17, 15) is 4.79 Å². The molecule has 0 heterocycles. The Bertz CT molecular complexity index is 213. The van der Waals surface area contributed by atoms with E-state index in [1.165, 1.54) is 25.7 Å². The van der Waals surface area contributed by atoms with E-state index in [-0.39, 0.29) is 0 Å². The third-order valence-corrected chi connectivity index (χ3v) is 2.77. The molecule has 0 radical (unpaired) electrons. The molecule has 0 N–H and O–H groups in total. The quantitative estimate of drug-likeness (QED) is 0.605. The average Bonchev–Trinajstić information content (AvgIpc) is 2.64. The van der Waals surface area contributed by atoms with E-state index >= 15 is 0 Å². The second-order valence-corrected chi connectivity index (χ2v) is 3.83. The maximum Gasteiger partial charge on any atom is 0.144 e. The molecule has 1 nitrogen and oxygen atoms in total. The second kappa shape index (κ2) is 5.80. The van der Waals surface area contributed by atoms with Crippen LogP contribution >= 0.6 is 0 Å². The summed E-state index contributed by atoms with van der Waals surface area (Å²) in [6.45, 7) is 1.78. The van der Waals surface area contributed by atoms with Gasteiger partial charge in [-0.1, -0.05) is 31.6 Å². The predicted octanol–water partition coefficient (Wildman–Crippen LogP) is 2.94. The van der Waals surface area contributed by atoms with E-state index in [0.29, 0.717) is 12.2 Å². The first kappa shape index (κ1) is 10.3. The van der Waals surface area contributed by atoms with Gasteiger partial charge in [0.2, 0.25) is 0 Å². The zero-order valence-electron chi connectivity index (χ0n) is 8.44. The summed E-state index contributed by atoms with van der Waals surface area (Å²) in [6, 6.07) is 0. The first-order chi connectivity index (χ1) is 6.33. The maximum atomic E-state index is 11.3. The van der Waals surface area contributed by atoms with E-state index in [0.717, 1.165) is 18.8 Å². The van der Waals surface area contributed by atoms with Crippen molar-refractivity contribution in [3.63, 3.8) is 0 Å². The predicted molar refractivity (Wildman–Crippen MR) is 54.3 cm³/mol. The van der Waals surface area contributed by atoms with Crippen LogP contribution < -0.4 is 0 Å². The molecule has 13 heavy (non-hydrogen) atoms. The van der Waals surface area contributed by atoms with Crippen LogP contribution in [-0.2, 0) is 4.79 Å². The van der Waals surface area contributed by atoms with Crippen molar-refractivity contribution < 1.29 is 4.79 Å². The third-order valence-electron chi connectivity index (χ3n) is 2.77. The molecule has 0 aromatic rings. The molecule has 0 unspecified atom stereocenters. The van der Waals surface area contributed by atoms with Gasteiger partial charge in [0.15, 0.2) is 0 Å². The van der Waals surface area contributed by atoms with E-state index in [2.05, 4.69) is 11.8 Å². The SMILES string of the molecule is CC#CCC(=O)CCC1CCCC1. The van der Waals surface area contributed by atoms with Gasteiger partial charge in [-0.25, -0.2) is 0 Å². The van der Waals surface area contributed by atoms with Crippen LogP contribution in [0.5, 0.6) is 0 Å². The fourth-order valence-corrected chi connectivity index (χ4v) is 1.94. The highest BCUT2D eigenvalue weighted by Gasteiger charge is 2.15. The van der Waals surface area contributed by atoms with Gasteiger partial charge in [-0.15, -0.1) is 5.92 Å². The van der Waals surface area contributed by atoms with Gasteiger partial charge < -0.3 is 0 Å². The molecule has 0 amide bonds. The van der Waals surface area contributed by atoms with Crippen LogP contribution in [0.1, 0.15) is 51.9 Å². The number of carbonyl (C=O) groups excluding carboxylic acids is 1. The van der Waals surface area contributed by atoms with Crippen molar-refractivity contribution in [2.45, 2.75) is 51.9 Å². The van der Waals surface area contributed by atoms with Gasteiger partial charge in [-0.3, -0.25) is 4.79 Å². The smallest absolute Gasteiger partial charge is 0.144 e. The molecule has 1 rings (SSSR count). The van der Waals surface area contributed by atoms with Crippen molar-refractivity contribution in [2.75, 3.05) is 0 Å². The van der Waals surface area contributed by atoms with Gasteiger partial charge in [-0.05, 0) is 19.3 Å². The average molecular weight is 178 g/mol. The molecule has 1 saturated carbocycles. The molecule has 0 aromatic heterocycles.